The summed E-state index contributed by atoms with van der Waals surface area (Å²) < 4.78 is 0. The maximum atomic E-state index is 12.6. The van der Waals surface area contributed by atoms with Gasteiger partial charge in [0.25, 0.3) is 0 Å². The Kier molecular flexibility index (Phi) is 5.23. The molecule has 1 aliphatic heterocycles. The number of benzene rings is 2. The number of carbonyl (C=O) groups is 1. The van der Waals surface area contributed by atoms with Gasteiger partial charge in [0.2, 0.25) is 5.91 Å². The minimum atomic E-state index is -0.0410. The van der Waals surface area contributed by atoms with Crippen molar-refractivity contribution in [1.29, 1.82) is 0 Å². The number of hydrogen-bond donors (Lipinski definition) is 0. The van der Waals surface area contributed by atoms with Crippen LogP contribution in [0.2, 0.25) is 0 Å². The van der Waals surface area contributed by atoms with Crippen molar-refractivity contribution in [2.24, 2.45) is 0 Å². The first kappa shape index (κ1) is 15.9. The van der Waals surface area contributed by atoms with Crippen LogP contribution in [-0.4, -0.2) is 42.2 Å². The van der Waals surface area contributed by atoms with Crippen LogP contribution in [0.3, 0.4) is 0 Å². The second-order valence-corrected chi connectivity index (χ2v) is 7.14. The summed E-state index contributed by atoms with van der Waals surface area (Å²) in [5.74, 6) is 0.242. The molecule has 1 saturated heterocycles. The third kappa shape index (κ3) is 4.08. The van der Waals surface area contributed by atoms with E-state index in [0.717, 1.165) is 31.1 Å². The monoisotopic (exact) mass is 326 g/mol. The van der Waals surface area contributed by atoms with Gasteiger partial charge in [-0.05, 0) is 31.2 Å². The summed E-state index contributed by atoms with van der Waals surface area (Å²) >= 11 is 1.64. The highest BCUT2D eigenvalue weighted by Crippen LogP contribution is 2.25. The Balaban J connectivity index is 1.54. The van der Waals surface area contributed by atoms with Crippen LogP contribution in [0.5, 0.6) is 0 Å². The lowest BCUT2D eigenvalue weighted by molar-refractivity contribution is -0.130. The van der Waals surface area contributed by atoms with Gasteiger partial charge in [-0.15, -0.1) is 11.8 Å². The maximum Gasteiger partial charge on any atom is 0.235 e. The lowest BCUT2D eigenvalue weighted by Crippen LogP contribution is -2.50. The number of anilines is 1. The minimum Gasteiger partial charge on any atom is -0.368 e. The molecule has 2 aromatic carbocycles. The number of hydrogen-bond acceptors (Lipinski definition) is 3. The quantitative estimate of drug-likeness (QED) is 0.803. The van der Waals surface area contributed by atoms with Crippen LogP contribution >= 0.6 is 11.8 Å². The number of para-hydroxylation sites is 1. The van der Waals surface area contributed by atoms with E-state index >= 15 is 0 Å². The van der Waals surface area contributed by atoms with Crippen molar-refractivity contribution in [3.8, 4) is 0 Å². The highest BCUT2D eigenvalue weighted by atomic mass is 32.2. The molecule has 1 fully saturated rings. The third-order valence-corrected chi connectivity index (χ3v) is 5.22. The van der Waals surface area contributed by atoms with Crippen LogP contribution in [-0.2, 0) is 4.79 Å². The summed E-state index contributed by atoms with van der Waals surface area (Å²) in [6.07, 6.45) is 0. The van der Waals surface area contributed by atoms with Crippen molar-refractivity contribution >= 4 is 23.4 Å². The molecule has 1 atom stereocenters. The van der Waals surface area contributed by atoms with Gasteiger partial charge in [0.15, 0.2) is 0 Å². The van der Waals surface area contributed by atoms with E-state index in [2.05, 4.69) is 41.3 Å². The van der Waals surface area contributed by atoms with Crippen LogP contribution in [0.1, 0.15) is 6.92 Å². The van der Waals surface area contributed by atoms with Gasteiger partial charge in [-0.3, -0.25) is 4.79 Å². The van der Waals surface area contributed by atoms with E-state index < -0.39 is 0 Å². The van der Waals surface area contributed by atoms with Gasteiger partial charge < -0.3 is 9.80 Å². The molecule has 1 amide bonds. The second kappa shape index (κ2) is 7.55. The number of piperazine rings is 1. The fraction of sp³-hybridized carbons (Fsp3) is 0.316. The number of thioether (sulfide) groups is 1. The van der Waals surface area contributed by atoms with E-state index in [4.69, 9.17) is 0 Å². The molecule has 0 radical (unpaired) electrons. The lowest BCUT2D eigenvalue weighted by Gasteiger charge is -2.37. The zero-order valence-electron chi connectivity index (χ0n) is 13.4. The van der Waals surface area contributed by atoms with E-state index in [1.54, 1.807) is 11.8 Å². The number of amides is 1. The van der Waals surface area contributed by atoms with E-state index in [1.165, 1.54) is 5.69 Å². The minimum absolute atomic E-state index is 0.0410. The van der Waals surface area contributed by atoms with Gasteiger partial charge in [-0.2, -0.15) is 0 Å². The average molecular weight is 326 g/mol. The van der Waals surface area contributed by atoms with Crippen LogP contribution < -0.4 is 4.90 Å². The third-order valence-electron chi connectivity index (χ3n) is 4.12. The Morgan fingerprint density at radius 3 is 2.09 bits per heavy atom. The fourth-order valence-electron chi connectivity index (χ4n) is 2.83. The summed E-state index contributed by atoms with van der Waals surface area (Å²) in [4.78, 5) is 18.1. The molecule has 0 saturated carbocycles. The Hall–Kier alpha value is -1.94. The Labute approximate surface area is 142 Å². The average Bonchev–Trinajstić information content (AvgIpc) is 2.63. The predicted octanol–water partition coefficient (Wildman–Crippen LogP) is 3.52. The van der Waals surface area contributed by atoms with Crippen molar-refractivity contribution in [3.05, 3.63) is 60.7 Å². The smallest absolute Gasteiger partial charge is 0.235 e. The number of nitrogens with zero attached hydrogens (tertiary/aromatic N) is 2. The van der Waals surface area contributed by atoms with E-state index in [9.17, 15) is 4.79 Å². The van der Waals surface area contributed by atoms with Crippen LogP contribution in [0, 0.1) is 0 Å². The summed E-state index contributed by atoms with van der Waals surface area (Å²) in [7, 11) is 0. The number of rotatable bonds is 4. The highest BCUT2D eigenvalue weighted by Gasteiger charge is 2.25. The normalized spacial score (nSPS) is 16.2. The van der Waals surface area contributed by atoms with Crippen LogP contribution in [0.4, 0.5) is 5.69 Å². The predicted molar refractivity (Wildman–Crippen MR) is 97.0 cm³/mol. The lowest BCUT2D eigenvalue weighted by atomic mass is 10.2. The van der Waals surface area contributed by atoms with E-state index in [1.807, 2.05) is 36.1 Å². The molecule has 4 heteroatoms. The standard InChI is InChI=1S/C19H22N2OS/c1-16(23-18-10-6-3-7-11-18)19(22)21-14-12-20(13-15-21)17-8-4-2-5-9-17/h2-11,16H,12-15H2,1H3/t16-/m0/s1. The van der Waals surface area contributed by atoms with Gasteiger partial charge >= 0.3 is 0 Å². The molecule has 0 unspecified atom stereocenters. The first-order valence-electron chi connectivity index (χ1n) is 8.04. The van der Waals surface area contributed by atoms with Crippen molar-refractivity contribution in [1.82, 2.24) is 4.90 Å². The van der Waals surface area contributed by atoms with Gasteiger partial charge in [-0.1, -0.05) is 36.4 Å². The first-order valence-corrected chi connectivity index (χ1v) is 8.92. The van der Waals surface area contributed by atoms with E-state index in [0.29, 0.717) is 0 Å². The van der Waals surface area contributed by atoms with Crippen LogP contribution in [0.25, 0.3) is 0 Å². The zero-order chi connectivity index (χ0) is 16.1. The number of carbonyl (C=O) groups excluding carboxylic acids is 1. The highest BCUT2D eigenvalue weighted by molar-refractivity contribution is 8.00. The molecule has 2 aromatic rings. The first-order chi connectivity index (χ1) is 11.2. The largest absolute Gasteiger partial charge is 0.368 e. The van der Waals surface area contributed by atoms with E-state index in [-0.39, 0.29) is 11.2 Å². The summed E-state index contributed by atoms with van der Waals surface area (Å²) in [5.41, 5.74) is 1.24. The summed E-state index contributed by atoms with van der Waals surface area (Å²) in [6.45, 7) is 5.40. The molecule has 0 aromatic heterocycles. The molecule has 0 bridgehead atoms. The maximum absolute atomic E-state index is 12.6. The van der Waals surface area contributed by atoms with Gasteiger partial charge in [0.05, 0.1) is 5.25 Å². The van der Waals surface area contributed by atoms with Crippen molar-refractivity contribution in [2.45, 2.75) is 17.1 Å². The molecular weight excluding hydrogens is 304 g/mol. The molecule has 120 valence electrons. The zero-order valence-corrected chi connectivity index (χ0v) is 14.2. The second-order valence-electron chi connectivity index (χ2n) is 5.72. The van der Waals surface area contributed by atoms with Crippen molar-refractivity contribution < 1.29 is 4.79 Å². The Morgan fingerprint density at radius 2 is 1.48 bits per heavy atom. The van der Waals surface area contributed by atoms with Crippen LogP contribution in [0.15, 0.2) is 65.6 Å². The van der Waals surface area contributed by atoms with Gasteiger partial charge in [0.1, 0.15) is 0 Å². The van der Waals surface area contributed by atoms with Crippen molar-refractivity contribution in [3.63, 3.8) is 0 Å². The molecule has 3 nitrogen and oxygen atoms in total. The Bertz CT molecular complexity index is 624. The molecule has 0 aliphatic carbocycles. The SMILES string of the molecule is C[C@H](Sc1ccccc1)C(=O)N1CCN(c2ccccc2)CC1. The summed E-state index contributed by atoms with van der Waals surface area (Å²) in [5, 5.41) is -0.0410. The molecular formula is C19H22N2OS. The molecule has 3 rings (SSSR count). The van der Waals surface area contributed by atoms with Gasteiger partial charge in [-0.25, -0.2) is 0 Å². The Morgan fingerprint density at radius 1 is 0.913 bits per heavy atom. The fourth-order valence-corrected chi connectivity index (χ4v) is 3.81. The molecule has 1 heterocycles. The molecule has 0 N–H and O–H groups in total. The van der Waals surface area contributed by atoms with Crippen molar-refractivity contribution in [2.75, 3.05) is 31.1 Å². The summed E-state index contributed by atoms with van der Waals surface area (Å²) in [6, 6.07) is 20.6. The molecule has 1 aliphatic rings. The molecule has 23 heavy (non-hydrogen) atoms. The molecule has 0 spiro atoms. The van der Waals surface area contributed by atoms with Gasteiger partial charge in [0, 0.05) is 36.8 Å². The topological polar surface area (TPSA) is 23.6 Å².